The SMILES string of the molecule is CNC(=O)CCn1cc(-c2cc(Cl)cc(Cl)c2)c(C)n1. The van der Waals surface area contributed by atoms with Crippen LogP contribution in [0.5, 0.6) is 0 Å². The Kier molecular flexibility index (Phi) is 4.68. The molecule has 6 heteroatoms. The second-order valence-electron chi connectivity index (χ2n) is 4.47. The molecule has 0 saturated carbocycles. The van der Waals surface area contributed by atoms with Crippen LogP contribution < -0.4 is 5.32 Å². The number of nitrogens with one attached hydrogen (secondary N) is 1. The van der Waals surface area contributed by atoms with Gasteiger partial charge < -0.3 is 5.32 Å². The van der Waals surface area contributed by atoms with Gasteiger partial charge in [0.05, 0.1) is 5.69 Å². The number of hydrogen-bond donors (Lipinski definition) is 1. The van der Waals surface area contributed by atoms with Crippen molar-refractivity contribution in [2.45, 2.75) is 19.9 Å². The fourth-order valence-electron chi connectivity index (χ4n) is 1.97. The lowest BCUT2D eigenvalue weighted by Gasteiger charge is -2.01. The molecule has 2 aromatic rings. The van der Waals surface area contributed by atoms with E-state index in [2.05, 4.69) is 10.4 Å². The average Bonchev–Trinajstić information content (AvgIpc) is 2.76. The van der Waals surface area contributed by atoms with Crippen molar-refractivity contribution in [1.29, 1.82) is 0 Å². The molecule has 106 valence electrons. The predicted molar refractivity (Wildman–Crippen MR) is 81.1 cm³/mol. The highest BCUT2D eigenvalue weighted by atomic mass is 35.5. The Hall–Kier alpha value is -1.52. The minimum atomic E-state index is -0.00879. The van der Waals surface area contributed by atoms with Crippen LogP contribution in [0, 0.1) is 6.92 Å². The average molecular weight is 312 g/mol. The normalized spacial score (nSPS) is 10.6. The zero-order chi connectivity index (χ0) is 14.7. The van der Waals surface area contributed by atoms with Gasteiger partial charge in [-0.05, 0) is 30.7 Å². The summed E-state index contributed by atoms with van der Waals surface area (Å²) in [6.45, 7) is 2.45. The molecule has 0 aliphatic rings. The molecule has 0 bridgehead atoms. The summed E-state index contributed by atoms with van der Waals surface area (Å²) in [5.74, 6) is -0.00879. The van der Waals surface area contributed by atoms with Crippen molar-refractivity contribution >= 4 is 29.1 Å². The third-order valence-electron chi connectivity index (χ3n) is 2.97. The lowest BCUT2D eigenvalue weighted by molar-refractivity contribution is -0.120. The first-order chi connectivity index (χ1) is 9.49. The Morgan fingerprint density at radius 1 is 1.30 bits per heavy atom. The summed E-state index contributed by atoms with van der Waals surface area (Å²) >= 11 is 12.0. The van der Waals surface area contributed by atoms with Crippen molar-refractivity contribution in [3.63, 3.8) is 0 Å². The summed E-state index contributed by atoms with van der Waals surface area (Å²) in [7, 11) is 1.62. The van der Waals surface area contributed by atoms with Crippen LogP contribution >= 0.6 is 23.2 Å². The van der Waals surface area contributed by atoms with Gasteiger partial charge in [0.15, 0.2) is 0 Å². The third kappa shape index (κ3) is 3.52. The van der Waals surface area contributed by atoms with Crippen LogP contribution in [-0.2, 0) is 11.3 Å². The summed E-state index contributed by atoms with van der Waals surface area (Å²) in [6.07, 6.45) is 2.30. The van der Waals surface area contributed by atoms with Crippen LogP contribution in [0.1, 0.15) is 12.1 Å². The van der Waals surface area contributed by atoms with Crippen LogP contribution in [0.3, 0.4) is 0 Å². The van der Waals surface area contributed by atoms with Gasteiger partial charge in [0.25, 0.3) is 0 Å². The van der Waals surface area contributed by atoms with E-state index in [-0.39, 0.29) is 5.91 Å². The van der Waals surface area contributed by atoms with Crippen molar-refractivity contribution in [2.75, 3.05) is 7.05 Å². The third-order valence-corrected chi connectivity index (χ3v) is 3.40. The van der Waals surface area contributed by atoms with Crippen LogP contribution in [-0.4, -0.2) is 22.7 Å². The van der Waals surface area contributed by atoms with E-state index < -0.39 is 0 Å². The molecule has 0 spiro atoms. The Morgan fingerprint density at radius 2 is 1.95 bits per heavy atom. The summed E-state index contributed by atoms with van der Waals surface area (Å²) in [5.41, 5.74) is 2.76. The number of aryl methyl sites for hydroxylation is 2. The number of hydrogen-bond acceptors (Lipinski definition) is 2. The fraction of sp³-hybridized carbons (Fsp3) is 0.286. The highest BCUT2D eigenvalue weighted by Gasteiger charge is 2.10. The van der Waals surface area contributed by atoms with Crippen molar-refractivity contribution in [3.8, 4) is 11.1 Å². The molecule has 0 radical (unpaired) electrons. The number of carbonyl (C=O) groups is 1. The van der Waals surface area contributed by atoms with Gasteiger partial charge in [-0.3, -0.25) is 9.48 Å². The zero-order valence-corrected chi connectivity index (χ0v) is 12.8. The topological polar surface area (TPSA) is 46.9 Å². The molecule has 20 heavy (non-hydrogen) atoms. The standard InChI is InChI=1S/C14H15Cl2N3O/c1-9-13(10-5-11(15)7-12(16)6-10)8-19(18-9)4-3-14(20)17-2/h5-8H,3-4H2,1-2H3,(H,17,20). The smallest absolute Gasteiger partial charge is 0.221 e. The molecule has 1 amide bonds. The van der Waals surface area contributed by atoms with Gasteiger partial charge >= 0.3 is 0 Å². The maximum absolute atomic E-state index is 11.2. The van der Waals surface area contributed by atoms with Gasteiger partial charge in [-0.1, -0.05) is 23.2 Å². The minimum absolute atomic E-state index is 0.00879. The van der Waals surface area contributed by atoms with Crippen LogP contribution in [0.15, 0.2) is 24.4 Å². The molecule has 0 atom stereocenters. The largest absolute Gasteiger partial charge is 0.359 e. The monoisotopic (exact) mass is 311 g/mol. The van der Waals surface area contributed by atoms with Crippen LogP contribution in [0.4, 0.5) is 0 Å². The van der Waals surface area contributed by atoms with Gasteiger partial charge in [0, 0.05) is 41.8 Å². The predicted octanol–water partition coefficient (Wildman–Crippen LogP) is 3.30. The summed E-state index contributed by atoms with van der Waals surface area (Å²) in [4.78, 5) is 11.2. The lowest BCUT2D eigenvalue weighted by atomic mass is 10.1. The quantitative estimate of drug-likeness (QED) is 0.941. The van der Waals surface area contributed by atoms with E-state index in [1.807, 2.05) is 25.3 Å². The summed E-state index contributed by atoms with van der Waals surface area (Å²) in [5, 5.41) is 8.17. The molecular formula is C14H15Cl2N3O. The van der Waals surface area contributed by atoms with E-state index in [0.717, 1.165) is 16.8 Å². The Labute approximate surface area is 127 Å². The van der Waals surface area contributed by atoms with Crippen LogP contribution in [0.25, 0.3) is 11.1 Å². The Balaban J connectivity index is 2.24. The Bertz CT molecular complexity index is 617. The number of nitrogens with zero attached hydrogens (tertiary/aromatic N) is 2. The molecule has 1 aromatic heterocycles. The highest BCUT2D eigenvalue weighted by molar-refractivity contribution is 6.35. The van der Waals surface area contributed by atoms with Crippen molar-refractivity contribution in [1.82, 2.24) is 15.1 Å². The second kappa shape index (κ2) is 6.29. The number of aromatic nitrogens is 2. The van der Waals surface area contributed by atoms with Gasteiger partial charge in [-0.15, -0.1) is 0 Å². The molecule has 0 unspecified atom stereocenters. The minimum Gasteiger partial charge on any atom is -0.359 e. The number of benzene rings is 1. The number of rotatable bonds is 4. The first-order valence-corrected chi connectivity index (χ1v) is 6.96. The maximum atomic E-state index is 11.2. The maximum Gasteiger partial charge on any atom is 0.221 e. The molecule has 2 rings (SSSR count). The summed E-state index contributed by atoms with van der Waals surface area (Å²) < 4.78 is 1.76. The fourth-order valence-corrected chi connectivity index (χ4v) is 2.49. The number of carbonyl (C=O) groups excluding carboxylic acids is 1. The molecule has 1 aromatic carbocycles. The molecule has 1 heterocycles. The van der Waals surface area contributed by atoms with E-state index in [0.29, 0.717) is 23.0 Å². The first-order valence-electron chi connectivity index (χ1n) is 6.20. The van der Waals surface area contributed by atoms with Crippen molar-refractivity contribution in [2.24, 2.45) is 0 Å². The molecule has 0 aliphatic carbocycles. The van der Waals surface area contributed by atoms with E-state index in [9.17, 15) is 4.79 Å². The molecule has 0 aliphatic heterocycles. The lowest BCUT2D eigenvalue weighted by Crippen LogP contribution is -2.19. The highest BCUT2D eigenvalue weighted by Crippen LogP contribution is 2.28. The van der Waals surface area contributed by atoms with Gasteiger partial charge in [0.1, 0.15) is 0 Å². The molecule has 4 nitrogen and oxygen atoms in total. The molecule has 0 fully saturated rings. The molecule has 0 saturated heterocycles. The first kappa shape index (κ1) is 14.9. The Morgan fingerprint density at radius 3 is 2.55 bits per heavy atom. The van der Waals surface area contributed by atoms with E-state index >= 15 is 0 Å². The van der Waals surface area contributed by atoms with Crippen LogP contribution in [0.2, 0.25) is 10.0 Å². The number of amides is 1. The van der Waals surface area contributed by atoms with Crippen molar-refractivity contribution < 1.29 is 4.79 Å². The molecule has 1 N–H and O–H groups in total. The van der Waals surface area contributed by atoms with Gasteiger partial charge in [-0.2, -0.15) is 5.10 Å². The van der Waals surface area contributed by atoms with Gasteiger partial charge in [0.2, 0.25) is 5.91 Å². The second-order valence-corrected chi connectivity index (χ2v) is 5.35. The van der Waals surface area contributed by atoms with E-state index in [1.165, 1.54) is 0 Å². The van der Waals surface area contributed by atoms with Crippen molar-refractivity contribution in [3.05, 3.63) is 40.1 Å². The summed E-state index contributed by atoms with van der Waals surface area (Å²) in [6, 6.07) is 5.39. The number of halogens is 2. The van der Waals surface area contributed by atoms with E-state index in [1.54, 1.807) is 17.8 Å². The van der Waals surface area contributed by atoms with Gasteiger partial charge in [-0.25, -0.2) is 0 Å². The zero-order valence-electron chi connectivity index (χ0n) is 11.3. The van der Waals surface area contributed by atoms with E-state index in [4.69, 9.17) is 23.2 Å². The molecular weight excluding hydrogens is 297 g/mol.